The Morgan fingerprint density at radius 3 is 2.33 bits per heavy atom. The van der Waals surface area contributed by atoms with E-state index in [-0.39, 0.29) is 5.48 Å². The molecule has 62 valence electrons. The molecule has 2 rings (SSSR count). The molecule has 0 radical (unpaired) electrons. The Balaban J connectivity index is 0.000000720. The van der Waals surface area contributed by atoms with Crippen LogP contribution in [-0.4, -0.2) is 9.85 Å². The van der Waals surface area contributed by atoms with Crippen LogP contribution in [0.1, 0.15) is 0 Å². The zero-order valence-corrected chi connectivity index (χ0v) is 7.21. The van der Waals surface area contributed by atoms with Gasteiger partial charge in [-0.2, -0.15) is 4.37 Å². The van der Waals surface area contributed by atoms with Gasteiger partial charge in [0.25, 0.3) is 0 Å². The van der Waals surface area contributed by atoms with E-state index in [1.807, 2.05) is 29.6 Å². The van der Waals surface area contributed by atoms with Crippen molar-refractivity contribution >= 4 is 11.5 Å². The monoisotopic (exact) mass is 179 g/mol. The maximum atomic E-state index is 4.23. The van der Waals surface area contributed by atoms with Crippen molar-refractivity contribution in [1.82, 2.24) is 4.37 Å². The number of benzene rings is 1. The maximum Gasteiger partial charge on any atom is 0.0840 e. The molecule has 0 saturated heterocycles. The average molecular weight is 179 g/mol. The van der Waals surface area contributed by atoms with Gasteiger partial charge in [-0.3, -0.25) is 0 Å². The first kappa shape index (κ1) is 8.90. The van der Waals surface area contributed by atoms with Gasteiger partial charge in [-0.05, 0) is 17.6 Å². The van der Waals surface area contributed by atoms with E-state index >= 15 is 0 Å². The predicted molar refractivity (Wildman–Crippen MR) is 51.2 cm³/mol. The Morgan fingerprint density at radius 1 is 1.00 bits per heavy atom. The summed E-state index contributed by atoms with van der Waals surface area (Å²) in [5.41, 5.74) is 2.25. The molecule has 1 heterocycles. The lowest BCUT2D eigenvalue weighted by atomic mass is 10.2. The van der Waals surface area contributed by atoms with E-state index in [9.17, 15) is 0 Å². The summed E-state index contributed by atoms with van der Waals surface area (Å²) in [4.78, 5) is 0. The molecule has 2 N–H and O–H groups in total. The Bertz CT molecular complexity index is 318. The van der Waals surface area contributed by atoms with Crippen molar-refractivity contribution in [2.24, 2.45) is 0 Å². The Hall–Kier alpha value is -1.19. The van der Waals surface area contributed by atoms with Crippen LogP contribution >= 0.6 is 11.5 Å². The fourth-order valence-electron chi connectivity index (χ4n) is 0.970. The fraction of sp³-hybridized carbons (Fsp3) is 0. The van der Waals surface area contributed by atoms with Crippen LogP contribution in [0, 0.1) is 0 Å². The van der Waals surface area contributed by atoms with Crippen molar-refractivity contribution in [1.29, 1.82) is 0 Å². The van der Waals surface area contributed by atoms with Crippen LogP contribution in [0.3, 0.4) is 0 Å². The van der Waals surface area contributed by atoms with Crippen molar-refractivity contribution < 1.29 is 5.48 Å². The van der Waals surface area contributed by atoms with Gasteiger partial charge >= 0.3 is 0 Å². The summed E-state index contributed by atoms with van der Waals surface area (Å²) >= 11 is 1.48. The van der Waals surface area contributed by atoms with Gasteiger partial charge in [-0.25, -0.2) is 0 Å². The molecule has 12 heavy (non-hydrogen) atoms. The number of nitrogens with zero attached hydrogens (tertiary/aromatic N) is 1. The van der Waals surface area contributed by atoms with E-state index < -0.39 is 0 Å². The van der Waals surface area contributed by atoms with Crippen molar-refractivity contribution in [2.45, 2.75) is 0 Å². The molecule has 0 unspecified atom stereocenters. The SMILES string of the molecule is O.c1ccc(-c2ccsn2)cc1. The minimum atomic E-state index is 0. The van der Waals surface area contributed by atoms with Crippen molar-refractivity contribution in [3.8, 4) is 11.3 Å². The van der Waals surface area contributed by atoms with Crippen LogP contribution in [-0.2, 0) is 0 Å². The predicted octanol–water partition coefficient (Wildman–Crippen LogP) is 1.99. The van der Waals surface area contributed by atoms with E-state index in [0.29, 0.717) is 0 Å². The molecule has 0 amide bonds. The van der Waals surface area contributed by atoms with Gasteiger partial charge in [0.05, 0.1) is 5.69 Å². The quantitative estimate of drug-likeness (QED) is 0.660. The molecule has 0 aliphatic rings. The third kappa shape index (κ3) is 1.69. The summed E-state index contributed by atoms with van der Waals surface area (Å²) in [6.45, 7) is 0. The molecule has 2 aromatic rings. The molecular weight excluding hydrogens is 170 g/mol. The van der Waals surface area contributed by atoms with Crippen molar-refractivity contribution in [2.75, 3.05) is 0 Å². The maximum absolute atomic E-state index is 4.23. The van der Waals surface area contributed by atoms with Crippen LogP contribution in [0.25, 0.3) is 11.3 Å². The standard InChI is InChI=1S/C9H7NS.H2O/c1-2-4-8(5-3-1)9-6-7-11-10-9;/h1-7H;1H2. The largest absolute Gasteiger partial charge is 0.412 e. The molecule has 0 atom stereocenters. The summed E-state index contributed by atoms with van der Waals surface area (Å²) in [7, 11) is 0. The molecule has 0 spiro atoms. The van der Waals surface area contributed by atoms with Crippen LogP contribution < -0.4 is 0 Å². The van der Waals surface area contributed by atoms with E-state index in [0.717, 1.165) is 5.69 Å². The molecule has 1 aromatic carbocycles. The fourth-order valence-corrected chi connectivity index (χ4v) is 1.50. The lowest BCUT2D eigenvalue weighted by Crippen LogP contribution is -1.72. The van der Waals surface area contributed by atoms with E-state index in [1.54, 1.807) is 0 Å². The Labute approximate surface area is 75.0 Å². The molecule has 1 aromatic heterocycles. The molecule has 0 aliphatic carbocycles. The van der Waals surface area contributed by atoms with Gasteiger partial charge in [0, 0.05) is 10.9 Å². The van der Waals surface area contributed by atoms with Gasteiger partial charge < -0.3 is 5.48 Å². The van der Waals surface area contributed by atoms with Crippen LogP contribution in [0.2, 0.25) is 0 Å². The smallest absolute Gasteiger partial charge is 0.0840 e. The molecule has 3 heteroatoms. The number of rotatable bonds is 1. The van der Waals surface area contributed by atoms with Crippen LogP contribution in [0.15, 0.2) is 41.8 Å². The normalized spacial score (nSPS) is 9.00. The Kier molecular flexibility index (Phi) is 2.96. The highest BCUT2D eigenvalue weighted by atomic mass is 32.1. The summed E-state index contributed by atoms with van der Waals surface area (Å²) in [5.74, 6) is 0. The van der Waals surface area contributed by atoms with E-state index in [4.69, 9.17) is 0 Å². The highest BCUT2D eigenvalue weighted by molar-refractivity contribution is 7.03. The zero-order chi connectivity index (χ0) is 7.52. The highest BCUT2D eigenvalue weighted by Gasteiger charge is 1.95. The highest BCUT2D eigenvalue weighted by Crippen LogP contribution is 2.16. The van der Waals surface area contributed by atoms with Crippen LogP contribution in [0.4, 0.5) is 0 Å². The topological polar surface area (TPSA) is 44.4 Å². The van der Waals surface area contributed by atoms with Gasteiger partial charge in [0.1, 0.15) is 0 Å². The van der Waals surface area contributed by atoms with E-state index in [2.05, 4.69) is 16.5 Å². The molecule has 0 bridgehead atoms. The van der Waals surface area contributed by atoms with Gasteiger partial charge in [0.2, 0.25) is 0 Å². The summed E-state index contributed by atoms with van der Waals surface area (Å²) in [5, 5.41) is 1.99. The third-order valence-corrected chi connectivity index (χ3v) is 2.07. The minimum absolute atomic E-state index is 0. The summed E-state index contributed by atoms with van der Waals surface area (Å²) in [6, 6.07) is 12.2. The number of hydrogen-bond acceptors (Lipinski definition) is 2. The van der Waals surface area contributed by atoms with Gasteiger partial charge in [-0.15, -0.1) is 0 Å². The molecule has 0 saturated carbocycles. The molecule has 0 aliphatic heterocycles. The number of aromatic nitrogens is 1. The lowest BCUT2D eigenvalue weighted by Gasteiger charge is -1.92. The lowest BCUT2D eigenvalue weighted by molar-refractivity contribution is 0.824. The molecule has 0 fully saturated rings. The van der Waals surface area contributed by atoms with Gasteiger partial charge in [-0.1, -0.05) is 30.3 Å². The Morgan fingerprint density at radius 2 is 1.75 bits per heavy atom. The minimum Gasteiger partial charge on any atom is -0.412 e. The first-order valence-corrected chi connectivity index (χ1v) is 4.26. The van der Waals surface area contributed by atoms with Gasteiger partial charge in [0.15, 0.2) is 0 Å². The van der Waals surface area contributed by atoms with Crippen LogP contribution in [0.5, 0.6) is 0 Å². The third-order valence-electron chi connectivity index (χ3n) is 1.51. The van der Waals surface area contributed by atoms with E-state index in [1.165, 1.54) is 17.1 Å². The van der Waals surface area contributed by atoms with Crippen molar-refractivity contribution in [3.63, 3.8) is 0 Å². The first-order chi connectivity index (χ1) is 5.47. The second-order valence-electron chi connectivity index (χ2n) is 2.25. The molecular formula is C9H9NOS. The first-order valence-electron chi connectivity index (χ1n) is 3.42. The summed E-state index contributed by atoms with van der Waals surface area (Å²) < 4.78 is 4.23. The molecule has 2 nitrogen and oxygen atoms in total. The zero-order valence-electron chi connectivity index (χ0n) is 6.40. The second kappa shape index (κ2) is 3.99. The average Bonchev–Trinajstić information content (AvgIpc) is 2.58. The van der Waals surface area contributed by atoms with Crippen molar-refractivity contribution in [3.05, 3.63) is 41.8 Å². The second-order valence-corrected chi connectivity index (χ2v) is 2.92. The number of hydrogen-bond donors (Lipinski definition) is 0. The summed E-state index contributed by atoms with van der Waals surface area (Å²) in [6.07, 6.45) is 0.